The van der Waals surface area contributed by atoms with E-state index in [9.17, 15) is 4.79 Å². The summed E-state index contributed by atoms with van der Waals surface area (Å²) in [6.45, 7) is 3.94. The van der Waals surface area contributed by atoms with Gasteiger partial charge in [-0.2, -0.15) is 0 Å². The molecule has 0 aliphatic carbocycles. The van der Waals surface area contributed by atoms with Crippen LogP contribution in [0.25, 0.3) is 11.3 Å². The van der Waals surface area contributed by atoms with Crippen LogP contribution < -0.4 is 10.6 Å². The lowest BCUT2D eigenvalue weighted by molar-refractivity contribution is 0.0906. The van der Waals surface area contributed by atoms with Crippen molar-refractivity contribution in [1.82, 2.24) is 20.8 Å². The van der Waals surface area contributed by atoms with Crippen molar-refractivity contribution in [3.63, 3.8) is 0 Å². The molecule has 0 radical (unpaired) electrons. The van der Waals surface area contributed by atoms with E-state index < -0.39 is 0 Å². The molecule has 1 aliphatic heterocycles. The highest BCUT2D eigenvalue weighted by Gasteiger charge is 2.24. The molecule has 2 aromatic heterocycles. The number of amides is 1. The van der Waals surface area contributed by atoms with Crippen LogP contribution in [0.15, 0.2) is 35.1 Å². The minimum absolute atomic E-state index is 0. The van der Waals surface area contributed by atoms with Crippen molar-refractivity contribution in [2.75, 3.05) is 13.1 Å². The number of carbonyl (C=O) groups is 1. The molecule has 2 N–H and O–H groups in total. The zero-order chi connectivity index (χ0) is 14.7. The maximum atomic E-state index is 12.2. The fourth-order valence-electron chi connectivity index (χ4n) is 2.45. The third kappa shape index (κ3) is 4.67. The molecule has 1 aliphatic rings. The SMILES string of the molecule is CC1CCNCC1NC(=O)c1cc(-c2cccnc2)on1.Cl.Cl. The Morgan fingerprint density at radius 2 is 2.26 bits per heavy atom. The second-order valence-corrected chi connectivity index (χ2v) is 5.37. The van der Waals surface area contributed by atoms with Gasteiger partial charge in [0.1, 0.15) is 0 Å². The van der Waals surface area contributed by atoms with Gasteiger partial charge in [0.2, 0.25) is 0 Å². The first-order valence-electron chi connectivity index (χ1n) is 7.13. The molecule has 1 amide bonds. The first-order valence-corrected chi connectivity index (χ1v) is 7.13. The van der Waals surface area contributed by atoms with Crippen molar-refractivity contribution in [1.29, 1.82) is 0 Å². The molecule has 1 fully saturated rings. The number of nitrogens with one attached hydrogen (secondary N) is 2. The van der Waals surface area contributed by atoms with E-state index in [1.54, 1.807) is 18.5 Å². The molecular formula is C15H20Cl2N4O2. The summed E-state index contributed by atoms with van der Waals surface area (Å²) < 4.78 is 5.22. The van der Waals surface area contributed by atoms with Gasteiger partial charge >= 0.3 is 0 Å². The standard InChI is InChI=1S/C15H18N4O2.2ClH/c1-10-4-6-17-9-13(10)18-15(20)12-7-14(21-19-12)11-3-2-5-16-8-11;;/h2-3,5,7-8,10,13,17H,4,6,9H2,1H3,(H,18,20);2*1H. The Morgan fingerprint density at radius 1 is 1.43 bits per heavy atom. The van der Waals surface area contributed by atoms with Crippen LogP contribution in [-0.4, -0.2) is 35.2 Å². The average Bonchev–Trinajstić information content (AvgIpc) is 3.00. The molecule has 8 heteroatoms. The molecule has 0 bridgehead atoms. The quantitative estimate of drug-likeness (QED) is 0.879. The molecule has 2 aromatic rings. The number of halogens is 2. The summed E-state index contributed by atoms with van der Waals surface area (Å²) in [7, 11) is 0. The fourth-order valence-corrected chi connectivity index (χ4v) is 2.45. The predicted octanol–water partition coefficient (Wildman–Crippen LogP) is 2.31. The van der Waals surface area contributed by atoms with Gasteiger partial charge in [-0.15, -0.1) is 24.8 Å². The Labute approximate surface area is 147 Å². The molecule has 0 aromatic carbocycles. The van der Waals surface area contributed by atoms with E-state index in [1.165, 1.54) is 0 Å². The van der Waals surface area contributed by atoms with E-state index in [1.807, 2.05) is 12.1 Å². The number of hydrogen-bond acceptors (Lipinski definition) is 5. The van der Waals surface area contributed by atoms with Gasteiger partial charge in [-0.1, -0.05) is 12.1 Å². The van der Waals surface area contributed by atoms with E-state index in [-0.39, 0.29) is 36.8 Å². The molecule has 3 rings (SSSR count). The van der Waals surface area contributed by atoms with Crippen molar-refractivity contribution >= 4 is 30.7 Å². The number of rotatable bonds is 3. The van der Waals surface area contributed by atoms with Gasteiger partial charge in [-0.25, -0.2) is 0 Å². The summed E-state index contributed by atoms with van der Waals surface area (Å²) in [6, 6.07) is 5.45. The summed E-state index contributed by atoms with van der Waals surface area (Å²) in [5.74, 6) is 0.803. The summed E-state index contributed by atoms with van der Waals surface area (Å²) in [5.41, 5.74) is 1.10. The third-order valence-corrected chi connectivity index (χ3v) is 3.83. The Morgan fingerprint density at radius 3 is 2.96 bits per heavy atom. The molecule has 6 nitrogen and oxygen atoms in total. The smallest absolute Gasteiger partial charge is 0.273 e. The Kier molecular flexibility index (Phi) is 7.48. The minimum atomic E-state index is -0.200. The monoisotopic (exact) mass is 358 g/mol. The minimum Gasteiger partial charge on any atom is -0.355 e. The number of carbonyl (C=O) groups excluding carboxylic acids is 1. The lowest BCUT2D eigenvalue weighted by Gasteiger charge is -2.29. The molecule has 2 atom stereocenters. The maximum absolute atomic E-state index is 12.2. The zero-order valence-corrected chi connectivity index (χ0v) is 14.3. The summed E-state index contributed by atoms with van der Waals surface area (Å²) in [6.07, 6.45) is 4.42. The number of hydrogen-bond donors (Lipinski definition) is 2. The number of nitrogens with zero attached hydrogens (tertiary/aromatic N) is 2. The molecule has 3 heterocycles. The highest BCUT2D eigenvalue weighted by molar-refractivity contribution is 5.93. The van der Waals surface area contributed by atoms with Gasteiger partial charge in [0, 0.05) is 36.6 Å². The van der Waals surface area contributed by atoms with E-state index in [2.05, 4.69) is 27.7 Å². The van der Waals surface area contributed by atoms with Crippen LogP contribution >= 0.6 is 24.8 Å². The van der Waals surface area contributed by atoms with Gasteiger partial charge in [0.15, 0.2) is 11.5 Å². The van der Waals surface area contributed by atoms with Crippen molar-refractivity contribution in [2.24, 2.45) is 5.92 Å². The van der Waals surface area contributed by atoms with Gasteiger partial charge in [-0.05, 0) is 31.0 Å². The largest absolute Gasteiger partial charge is 0.355 e. The third-order valence-electron chi connectivity index (χ3n) is 3.83. The first-order chi connectivity index (χ1) is 10.2. The van der Waals surface area contributed by atoms with Crippen molar-refractivity contribution < 1.29 is 9.32 Å². The zero-order valence-electron chi connectivity index (χ0n) is 12.7. The van der Waals surface area contributed by atoms with Crippen LogP contribution in [0, 0.1) is 5.92 Å². The Bertz CT molecular complexity index is 621. The maximum Gasteiger partial charge on any atom is 0.273 e. The molecule has 0 saturated carbocycles. The van der Waals surface area contributed by atoms with Crippen LogP contribution in [0.1, 0.15) is 23.8 Å². The number of aromatic nitrogens is 2. The summed E-state index contributed by atoms with van der Waals surface area (Å²) >= 11 is 0. The van der Waals surface area contributed by atoms with Crippen LogP contribution in [0.2, 0.25) is 0 Å². The molecular weight excluding hydrogens is 339 g/mol. The molecule has 23 heavy (non-hydrogen) atoms. The molecule has 126 valence electrons. The topological polar surface area (TPSA) is 80.0 Å². The second-order valence-electron chi connectivity index (χ2n) is 5.37. The first kappa shape index (κ1) is 19.4. The van der Waals surface area contributed by atoms with Gasteiger partial charge in [0.05, 0.1) is 0 Å². The Hall–Kier alpha value is -1.63. The van der Waals surface area contributed by atoms with Crippen LogP contribution in [0.3, 0.4) is 0 Å². The summed E-state index contributed by atoms with van der Waals surface area (Å²) in [4.78, 5) is 16.2. The molecule has 0 spiro atoms. The average molecular weight is 359 g/mol. The highest BCUT2D eigenvalue weighted by atomic mass is 35.5. The lowest BCUT2D eigenvalue weighted by Crippen LogP contribution is -2.50. The van der Waals surface area contributed by atoms with E-state index >= 15 is 0 Å². The van der Waals surface area contributed by atoms with Crippen molar-refractivity contribution in [2.45, 2.75) is 19.4 Å². The molecule has 1 saturated heterocycles. The van der Waals surface area contributed by atoms with Crippen molar-refractivity contribution in [3.05, 3.63) is 36.3 Å². The lowest BCUT2D eigenvalue weighted by atomic mass is 9.95. The number of pyridine rings is 1. The number of piperidine rings is 1. The van der Waals surface area contributed by atoms with E-state index in [4.69, 9.17) is 4.52 Å². The highest BCUT2D eigenvalue weighted by Crippen LogP contribution is 2.19. The van der Waals surface area contributed by atoms with Crippen molar-refractivity contribution in [3.8, 4) is 11.3 Å². The van der Waals surface area contributed by atoms with Gasteiger partial charge < -0.3 is 15.2 Å². The van der Waals surface area contributed by atoms with Crippen LogP contribution in [0.4, 0.5) is 0 Å². The fraction of sp³-hybridized carbons (Fsp3) is 0.400. The van der Waals surface area contributed by atoms with E-state index in [0.717, 1.165) is 25.1 Å². The summed E-state index contributed by atoms with van der Waals surface area (Å²) in [5, 5.41) is 10.1. The Balaban J connectivity index is 0.00000132. The van der Waals surface area contributed by atoms with Crippen LogP contribution in [0.5, 0.6) is 0 Å². The van der Waals surface area contributed by atoms with Crippen LogP contribution in [-0.2, 0) is 0 Å². The predicted molar refractivity (Wildman–Crippen MR) is 92.1 cm³/mol. The van der Waals surface area contributed by atoms with Gasteiger partial charge in [0.25, 0.3) is 5.91 Å². The molecule has 2 unspecified atom stereocenters. The normalized spacial score (nSPS) is 20.0. The van der Waals surface area contributed by atoms with E-state index in [0.29, 0.717) is 17.4 Å². The van der Waals surface area contributed by atoms with Gasteiger partial charge in [-0.3, -0.25) is 9.78 Å². The second kappa shape index (κ2) is 8.86.